The van der Waals surface area contributed by atoms with Crippen LogP contribution in [0, 0.1) is 0 Å². The average molecular weight is 417 g/mol. The zero-order chi connectivity index (χ0) is 20.6. The van der Waals surface area contributed by atoms with Crippen LogP contribution in [0.3, 0.4) is 0 Å². The Morgan fingerprint density at radius 1 is 1.07 bits per heavy atom. The van der Waals surface area contributed by atoms with E-state index in [0.717, 1.165) is 11.6 Å². The van der Waals surface area contributed by atoms with Crippen molar-refractivity contribution in [2.75, 3.05) is 5.32 Å². The second-order valence-electron chi connectivity index (χ2n) is 6.60. The summed E-state index contributed by atoms with van der Waals surface area (Å²) in [5.74, 6) is 0.654. The van der Waals surface area contributed by atoms with Gasteiger partial charge in [-0.1, -0.05) is 41.9 Å². The Bertz CT molecular complexity index is 1150. The lowest BCUT2D eigenvalue weighted by molar-refractivity contribution is -0.140. The Hall–Kier alpha value is -3.06. The third-order valence-electron chi connectivity index (χ3n) is 4.63. The molecule has 4 rings (SSSR count). The van der Waals surface area contributed by atoms with Crippen LogP contribution in [0.15, 0.2) is 67.0 Å². The number of halogens is 4. The molecule has 0 amide bonds. The summed E-state index contributed by atoms with van der Waals surface area (Å²) in [6, 6.07) is 14.4. The first kappa shape index (κ1) is 19.3. The molecule has 0 saturated heterocycles. The van der Waals surface area contributed by atoms with Gasteiger partial charge in [0.2, 0.25) is 0 Å². The Kier molecular flexibility index (Phi) is 4.92. The second kappa shape index (κ2) is 7.40. The number of alkyl halides is 3. The second-order valence-corrected chi connectivity index (χ2v) is 7.03. The summed E-state index contributed by atoms with van der Waals surface area (Å²) in [5.41, 5.74) is 0.456. The van der Waals surface area contributed by atoms with E-state index in [-0.39, 0.29) is 5.52 Å². The molecule has 0 aliphatic rings. The maximum absolute atomic E-state index is 13.4. The number of hydrogen-bond donors (Lipinski definition) is 1. The van der Waals surface area contributed by atoms with E-state index < -0.39 is 17.9 Å². The van der Waals surface area contributed by atoms with Crippen molar-refractivity contribution in [3.63, 3.8) is 0 Å². The maximum atomic E-state index is 13.4. The number of rotatable bonds is 4. The molecule has 148 valence electrons. The van der Waals surface area contributed by atoms with Gasteiger partial charge in [0.25, 0.3) is 0 Å². The van der Waals surface area contributed by atoms with E-state index in [1.807, 2.05) is 23.7 Å². The van der Waals surface area contributed by atoms with Crippen LogP contribution < -0.4 is 5.32 Å². The first-order valence-electron chi connectivity index (χ1n) is 8.79. The van der Waals surface area contributed by atoms with Gasteiger partial charge in [0.1, 0.15) is 17.6 Å². The summed E-state index contributed by atoms with van der Waals surface area (Å²) in [4.78, 5) is 8.17. The summed E-state index contributed by atoms with van der Waals surface area (Å²) < 4.78 is 42.1. The van der Waals surface area contributed by atoms with E-state index >= 15 is 0 Å². The first-order valence-corrected chi connectivity index (χ1v) is 9.17. The van der Waals surface area contributed by atoms with E-state index in [9.17, 15) is 13.2 Å². The van der Waals surface area contributed by atoms with Gasteiger partial charge < -0.3 is 9.88 Å². The minimum atomic E-state index is -4.56. The van der Waals surface area contributed by atoms with Crippen LogP contribution in [0.4, 0.5) is 18.9 Å². The Morgan fingerprint density at radius 3 is 2.45 bits per heavy atom. The van der Waals surface area contributed by atoms with Crippen LogP contribution in [0.5, 0.6) is 0 Å². The van der Waals surface area contributed by atoms with Crippen molar-refractivity contribution in [3.8, 4) is 0 Å². The smallest absolute Gasteiger partial charge is 0.371 e. The first-order chi connectivity index (χ1) is 13.8. The molecule has 8 heteroatoms. The van der Waals surface area contributed by atoms with Gasteiger partial charge in [-0.05, 0) is 29.8 Å². The maximum Gasteiger partial charge on any atom is 0.433 e. The van der Waals surface area contributed by atoms with Crippen molar-refractivity contribution in [2.24, 2.45) is 7.05 Å². The van der Waals surface area contributed by atoms with E-state index in [2.05, 4.69) is 15.3 Å². The minimum absolute atomic E-state index is 0.263. The van der Waals surface area contributed by atoms with Crippen molar-refractivity contribution in [1.29, 1.82) is 0 Å². The molecule has 2 aromatic heterocycles. The summed E-state index contributed by atoms with van der Waals surface area (Å²) in [5, 5.41) is 4.41. The molecule has 2 aromatic carbocycles. The normalized spacial score (nSPS) is 12.9. The van der Waals surface area contributed by atoms with Gasteiger partial charge in [0.05, 0.1) is 5.52 Å². The Morgan fingerprint density at radius 2 is 1.79 bits per heavy atom. The number of para-hydroxylation sites is 1. The number of aromatic nitrogens is 3. The fourth-order valence-electron chi connectivity index (χ4n) is 3.20. The molecule has 4 aromatic rings. The lowest BCUT2D eigenvalue weighted by Crippen LogP contribution is -2.18. The van der Waals surface area contributed by atoms with Crippen molar-refractivity contribution in [3.05, 3.63) is 89.1 Å². The summed E-state index contributed by atoms with van der Waals surface area (Å²) in [6.07, 6.45) is -1.13. The van der Waals surface area contributed by atoms with Crippen molar-refractivity contribution in [1.82, 2.24) is 14.5 Å². The monoisotopic (exact) mass is 416 g/mol. The summed E-state index contributed by atoms with van der Waals surface area (Å²) in [6.45, 7) is 0. The average Bonchev–Trinajstić information content (AvgIpc) is 3.11. The molecule has 0 radical (unpaired) electrons. The number of aryl methyl sites for hydroxylation is 1. The molecule has 0 bridgehead atoms. The zero-order valence-corrected chi connectivity index (χ0v) is 16.0. The van der Waals surface area contributed by atoms with Crippen LogP contribution in [-0.2, 0) is 13.2 Å². The third kappa shape index (κ3) is 3.91. The van der Waals surface area contributed by atoms with Gasteiger partial charge in [-0.3, -0.25) is 0 Å². The van der Waals surface area contributed by atoms with E-state index in [1.54, 1.807) is 48.8 Å². The van der Waals surface area contributed by atoms with Crippen LogP contribution in [-0.4, -0.2) is 14.5 Å². The highest BCUT2D eigenvalue weighted by molar-refractivity contribution is 6.30. The Labute approximate surface area is 170 Å². The van der Waals surface area contributed by atoms with Gasteiger partial charge in [-0.2, -0.15) is 13.2 Å². The molecule has 0 fully saturated rings. The number of imidazole rings is 1. The SMILES string of the molecule is Cn1ccnc1C(Nc1cc(C(F)(F)F)nc2ccccc12)c1ccc(Cl)cc1. The predicted octanol–water partition coefficient (Wildman–Crippen LogP) is 5.84. The molecule has 0 spiro atoms. The summed E-state index contributed by atoms with van der Waals surface area (Å²) in [7, 11) is 1.83. The number of nitrogens with zero attached hydrogens (tertiary/aromatic N) is 3. The van der Waals surface area contributed by atoms with Crippen LogP contribution in [0.25, 0.3) is 10.9 Å². The molecule has 2 heterocycles. The highest BCUT2D eigenvalue weighted by Crippen LogP contribution is 2.35. The fourth-order valence-corrected chi connectivity index (χ4v) is 3.33. The van der Waals surface area contributed by atoms with Gasteiger partial charge >= 0.3 is 6.18 Å². The fraction of sp³-hybridized carbons (Fsp3) is 0.143. The highest BCUT2D eigenvalue weighted by Gasteiger charge is 2.33. The summed E-state index contributed by atoms with van der Waals surface area (Å²) >= 11 is 6.01. The number of fused-ring (bicyclic) bond motifs is 1. The third-order valence-corrected chi connectivity index (χ3v) is 4.88. The molecule has 1 N–H and O–H groups in total. The van der Waals surface area contributed by atoms with Crippen LogP contribution >= 0.6 is 11.6 Å². The van der Waals surface area contributed by atoms with Gasteiger partial charge in [0.15, 0.2) is 0 Å². The van der Waals surface area contributed by atoms with Gasteiger partial charge in [0, 0.05) is 35.5 Å². The van der Waals surface area contributed by atoms with E-state index in [4.69, 9.17) is 11.6 Å². The number of benzene rings is 2. The van der Waals surface area contributed by atoms with Crippen molar-refractivity contribution >= 4 is 28.2 Å². The van der Waals surface area contributed by atoms with Gasteiger partial charge in [-0.15, -0.1) is 0 Å². The molecule has 0 aliphatic carbocycles. The molecule has 1 atom stereocenters. The Balaban J connectivity index is 1.87. The molecular weight excluding hydrogens is 401 g/mol. The lowest BCUT2D eigenvalue weighted by Gasteiger charge is -2.22. The van der Waals surface area contributed by atoms with E-state index in [0.29, 0.717) is 21.9 Å². The molecular formula is C21H16ClF3N4. The van der Waals surface area contributed by atoms with Crippen LogP contribution in [0.2, 0.25) is 5.02 Å². The van der Waals surface area contributed by atoms with Gasteiger partial charge in [-0.25, -0.2) is 9.97 Å². The van der Waals surface area contributed by atoms with Crippen molar-refractivity contribution in [2.45, 2.75) is 12.2 Å². The largest absolute Gasteiger partial charge is 0.433 e. The highest BCUT2D eigenvalue weighted by atomic mass is 35.5. The number of hydrogen-bond acceptors (Lipinski definition) is 3. The lowest BCUT2D eigenvalue weighted by atomic mass is 10.0. The van der Waals surface area contributed by atoms with Crippen LogP contribution in [0.1, 0.15) is 23.1 Å². The molecule has 0 saturated carbocycles. The van der Waals surface area contributed by atoms with E-state index in [1.165, 1.54) is 0 Å². The quantitative estimate of drug-likeness (QED) is 0.454. The number of anilines is 1. The predicted molar refractivity (Wildman–Crippen MR) is 107 cm³/mol. The zero-order valence-electron chi connectivity index (χ0n) is 15.3. The molecule has 1 unspecified atom stereocenters. The minimum Gasteiger partial charge on any atom is -0.371 e. The molecule has 0 aliphatic heterocycles. The standard InChI is InChI=1S/C21H16ClF3N4/c1-29-11-10-26-20(29)19(13-6-8-14(22)9-7-13)28-17-12-18(21(23,24)25)27-16-5-3-2-4-15(16)17/h2-12,19H,1H3,(H,27,28). The topological polar surface area (TPSA) is 42.7 Å². The number of nitrogens with one attached hydrogen (secondary N) is 1. The molecule has 29 heavy (non-hydrogen) atoms. The molecule has 4 nitrogen and oxygen atoms in total. The number of pyridine rings is 1. The van der Waals surface area contributed by atoms with Crippen molar-refractivity contribution < 1.29 is 13.2 Å².